The van der Waals surface area contributed by atoms with Gasteiger partial charge in [-0.3, -0.25) is 4.79 Å². The Hall–Kier alpha value is -2.02. The van der Waals surface area contributed by atoms with Gasteiger partial charge >= 0.3 is 0 Å². The Bertz CT molecular complexity index is 639. The van der Waals surface area contributed by atoms with Crippen molar-refractivity contribution in [3.8, 4) is 0 Å². The van der Waals surface area contributed by atoms with Gasteiger partial charge < -0.3 is 5.11 Å². The highest BCUT2D eigenvalue weighted by Gasteiger charge is 2.08. The molecule has 0 bridgehead atoms. The lowest BCUT2D eigenvalue weighted by molar-refractivity contribution is -0.113. The van der Waals surface area contributed by atoms with Crippen LogP contribution < -0.4 is 0 Å². The molecule has 0 heterocycles. The Morgan fingerprint density at radius 3 is 2.05 bits per heavy atom. The topological polar surface area (TPSA) is 96.2 Å². The first-order chi connectivity index (χ1) is 8.71. The van der Waals surface area contributed by atoms with E-state index in [0.29, 0.717) is 5.69 Å². The maximum absolute atomic E-state index is 11.2. The predicted octanol–water partition coefficient (Wildman–Crippen LogP) is 2.55. The molecular weight excluding hydrogens is 268 g/mol. The van der Waals surface area contributed by atoms with Crippen LogP contribution in [0.1, 0.15) is 13.8 Å². The van der Waals surface area contributed by atoms with Crippen LogP contribution in [0.3, 0.4) is 0 Å². The van der Waals surface area contributed by atoms with E-state index in [0.717, 1.165) is 6.26 Å². The van der Waals surface area contributed by atoms with Gasteiger partial charge in [0.15, 0.2) is 21.3 Å². The molecule has 0 aliphatic rings. The highest BCUT2D eigenvalue weighted by molar-refractivity contribution is 7.90. The van der Waals surface area contributed by atoms with Crippen molar-refractivity contribution in [2.24, 2.45) is 10.2 Å². The van der Waals surface area contributed by atoms with Crippen molar-refractivity contribution in [1.29, 1.82) is 0 Å². The molecule has 0 amide bonds. The Morgan fingerprint density at radius 2 is 1.68 bits per heavy atom. The molecule has 102 valence electrons. The molecular formula is C12H14N2O4S. The van der Waals surface area contributed by atoms with Gasteiger partial charge in [0.25, 0.3) is 0 Å². The first-order valence-corrected chi connectivity index (χ1v) is 7.23. The number of allylic oxidation sites excluding steroid dienone is 2. The number of ketones is 1. The molecule has 0 aliphatic heterocycles. The van der Waals surface area contributed by atoms with Gasteiger partial charge in [-0.2, -0.15) is 5.11 Å². The van der Waals surface area contributed by atoms with Crippen LogP contribution in [-0.2, 0) is 14.6 Å². The highest BCUT2D eigenvalue weighted by atomic mass is 32.2. The van der Waals surface area contributed by atoms with Crippen molar-refractivity contribution >= 4 is 21.3 Å². The van der Waals surface area contributed by atoms with Crippen molar-refractivity contribution in [3.05, 3.63) is 35.7 Å². The second-order valence-electron chi connectivity index (χ2n) is 3.96. The monoisotopic (exact) mass is 282 g/mol. The zero-order valence-electron chi connectivity index (χ0n) is 10.8. The quantitative estimate of drug-likeness (QED) is 0.521. The number of carbonyl (C=O) groups excluding carboxylic acids is 1. The number of azo groups is 1. The minimum absolute atomic E-state index is 0.132. The summed E-state index contributed by atoms with van der Waals surface area (Å²) in [5, 5.41) is 16.6. The van der Waals surface area contributed by atoms with Crippen LogP contribution in [0.25, 0.3) is 0 Å². The molecule has 0 aliphatic carbocycles. The molecule has 0 atom stereocenters. The number of hydrogen-bond donors (Lipinski definition) is 1. The van der Waals surface area contributed by atoms with E-state index in [1.807, 2.05) is 0 Å². The molecule has 6 nitrogen and oxygen atoms in total. The number of rotatable bonds is 4. The zero-order valence-corrected chi connectivity index (χ0v) is 11.6. The molecule has 0 radical (unpaired) electrons. The van der Waals surface area contributed by atoms with Crippen LogP contribution in [0.4, 0.5) is 5.69 Å². The van der Waals surface area contributed by atoms with Crippen LogP contribution in [-0.4, -0.2) is 25.6 Å². The van der Waals surface area contributed by atoms with Gasteiger partial charge in [0.2, 0.25) is 0 Å². The van der Waals surface area contributed by atoms with Crippen LogP contribution >= 0.6 is 0 Å². The molecule has 1 rings (SSSR count). The van der Waals surface area contributed by atoms with E-state index in [9.17, 15) is 18.3 Å². The third-order valence-corrected chi connectivity index (χ3v) is 3.33. The molecule has 0 unspecified atom stereocenters. The Balaban J connectivity index is 3.02. The normalized spacial score (nSPS) is 13.4. The number of nitrogens with zero attached hydrogens (tertiary/aromatic N) is 2. The summed E-state index contributed by atoms with van der Waals surface area (Å²) >= 11 is 0. The van der Waals surface area contributed by atoms with Crippen molar-refractivity contribution in [1.82, 2.24) is 0 Å². The number of Topliss-reactive ketones (excluding diaryl/α,β-unsaturated/α-hetero) is 1. The van der Waals surface area contributed by atoms with E-state index >= 15 is 0 Å². The summed E-state index contributed by atoms with van der Waals surface area (Å²) in [5.41, 5.74) is 0.250. The van der Waals surface area contributed by atoms with Gasteiger partial charge in [0, 0.05) is 13.2 Å². The molecule has 1 N–H and O–H groups in total. The van der Waals surface area contributed by atoms with E-state index in [4.69, 9.17) is 0 Å². The molecule has 1 aromatic carbocycles. The lowest BCUT2D eigenvalue weighted by Crippen LogP contribution is -1.96. The fraction of sp³-hybridized carbons (Fsp3) is 0.250. The van der Waals surface area contributed by atoms with Crippen molar-refractivity contribution < 1.29 is 18.3 Å². The van der Waals surface area contributed by atoms with Crippen LogP contribution in [0.15, 0.2) is 50.8 Å². The van der Waals surface area contributed by atoms with Crippen molar-refractivity contribution in [2.75, 3.05) is 6.26 Å². The first-order valence-electron chi connectivity index (χ1n) is 5.34. The van der Waals surface area contributed by atoms with Gasteiger partial charge in [-0.15, -0.1) is 5.11 Å². The number of carbonyl (C=O) groups is 1. The van der Waals surface area contributed by atoms with Gasteiger partial charge in [-0.25, -0.2) is 8.42 Å². The van der Waals surface area contributed by atoms with Crippen LogP contribution in [0.5, 0.6) is 0 Å². The van der Waals surface area contributed by atoms with E-state index in [1.165, 1.54) is 38.1 Å². The summed E-state index contributed by atoms with van der Waals surface area (Å²) in [5.74, 6) is -0.625. The number of aliphatic hydroxyl groups excluding tert-OH is 1. The van der Waals surface area contributed by atoms with Gasteiger partial charge in [0.05, 0.1) is 10.6 Å². The van der Waals surface area contributed by atoms with Crippen molar-refractivity contribution in [3.63, 3.8) is 0 Å². The first kappa shape index (κ1) is 15.0. The van der Waals surface area contributed by atoms with Crippen LogP contribution in [0, 0.1) is 0 Å². The van der Waals surface area contributed by atoms with E-state index in [-0.39, 0.29) is 16.4 Å². The summed E-state index contributed by atoms with van der Waals surface area (Å²) < 4.78 is 22.5. The van der Waals surface area contributed by atoms with E-state index in [2.05, 4.69) is 10.2 Å². The second kappa shape index (κ2) is 5.75. The summed E-state index contributed by atoms with van der Waals surface area (Å²) in [6.07, 6.45) is 1.11. The Morgan fingerprint density at radius 1 is 1.16 bits per heavy atom. The summed E-state index contributed by atoms with van der Waals surface area (Å²) in [4.78, 5) is 11.3. The molecule has 0 saturated carbocycles. The van der Waals surface area contributed by atoms with E-state index in [1.54, 1.807) is 0 Å². The molecule has 19 heavy (non-hydrogen) atoms. The Labute approximate surface area is 111 Å². The van der Waals surface area contributed by atoms with Gasteiger partial charge in [-0.05, 0) is 31.2 Å². The minimum atomic E-state index is -3.25. The van der Waals surface area contributed by atoms with E-state index < -0.39 is 15.6 Å². The lowest BCUT2D eigenvalue weighted by Gasteiger charge is -1.99. The van der Waals surface area contributed by atoms with Gasteiger partial charge in [-0.1, -0.05) is 0 Å². The summed E-state index contributed by atoms with van der Waals surface area (Å²) in [6.45, 7) is 2.60. The minimum Gasteiger partial charge on any atom is -0.510 e. The summed E-state index contributed by atoms with van der Waals surface area (Å²) in [7, 11) is -3.25. The Kier molecular flexibility index (Phi) is 4.55. The fourth-order valence-corrected chi connectivity index (χ4v) is 1.90. The van der Waals surface area contributed by atoms with Gasteiger partial charge in [0.1, 0.15) is 5.76 Å². The predicted molar refractivity (Wildman–Crippen MR) is 70.1 cm³/mol. The zero-order chi connectivity index (χ0) is 14.6. The van der Waals surface area contributed by atoms with Crippen LogP contribution in [0.2, 0.25) is 0 Å². The molecule has 0 spiro atoms. The number of hydrogen-bond acceptors (Lipinski definition) is 6. The second-order valence-corrected chi connectivity index (χ2v) is 5.97. The maximum Gasteiger partial charge on any atom is 0.183 e. The largest absolute Gasteiger partial charge is 0.510 e. The standard InChI is InChI=1S/C12H14N2O4S/c1-8(15)12(9(2)16)14-13-10-4-6-11(7-5-10)19(3,17)18/h4-7,15H,1-3H3/b12-8-,14-13?. The molecule has 0 saturated heterocycles. The number of sulfone groups is 1. The molecule has 1 aromatic rings. The third kappa shape index (κ3) is 4.29. The molecule has 7 heteroatoms. The number of aliphatic hydroxyl groups is 1. The molecule has 0 aromatic heterocycles. The average Bonchev–Trinajstić information content (AvgIpc) is 2.27. The lowest BCUT2D eigenvalue weighted by atomic mass is 10.3. The highest BCUT2D eigenvalue weighted by Crippen LogP contribution is 2.18. The maximum atomic E-state index is 11.2. The average molecular weight is 282 g/mol. The number of benzene rings is 1. The van der Waals surface area contributed by atoms with Crippen molar-refractivity contribution in [2.45, 2.75) is 18.7 Å². The SMILES string of the molecule is CC(=O)/C(N=Nc1ccc(S(C)(=O)=O)cc1)=C(\C)O. The smallest absolute Gasteiger partial charge is 0.183 e. The third-order valence-electron chi connectivity index (χ3n) is 2.21. The fourth-order valence-electron chi connectivity index (χ4n) is 1.27. The molecule has 0 fully saturated rings. The summed E-state index contributed by atoms with van der Waals surface area (Å²) in [6, 6.07) is 5.72.